The first kappa shape index (κ1) is 18.3. The molecule has 2 saturated heterocycles. The number of hydrogen-bond donors (Lipinski definition) is 1. The van der Waals surface area contributed by atoms with E-state index in [4.69, 9.17) is 4.74 Å². The molecule has 0 aromatic carbocycles. The fourth-order valence-corrected chi connectivity index (χ4v) is 2.87. The number of hydrogen-bond acceptors (Lipinski definition) is 4. The molecule has 0 radical (unpaired) electrons. The van der Waals surface area contributed by atoms with Crippen LogP contribution >= 0.6 is 24.0 Å². The third-order valence-corrected chi connectivity index (χ3v) is 4.34. The maximum absolute atomic E-state index is 5.31. The van der Waals surface area contributed by atoms with Crippen LogP contribution in [0.4, 0.5) is 5.82 Å². The Bertz CT molecular complexity index is 512. The molecule has 6 nitrogen and oxygen atoms in total. The zero-order chi connectivity index (χ0) is 15.4. The van der Waals surface area contributed by atoms with E-state index < -0.39 is 0 Å². The molecule has 2 fully saturated rings. The molecule has 3 heterocycles. The molecule has 0 aliphatic carbocycles. The number of guanidine groups is 1. The summed E-state index contributed by atoms with van der Waals surface area (Å²) < 4.78 is 5.31. The van der Waals surface area contributed by atoms with Crippen molar-refractivity contribution in [3.8, 4) is 0 Å². The van der Waals surface area contributed by atoms with Crippen molar-refractivity contribution in [1.82, 2.24) is 15.2 Å². The number of ether oxygens (including phenoxy) is 1. The molecule has 128 valence electrons. The second-order valence-corrected chi connectivity index (χ2v) is 6.37. The summed E-state index contributed by atoms with van der Waals surface area (Å²) >= 11 is 0. The van der Waals surface area contributed by atoms with Gasteiger partial charge in [-0.2, -0.15) is 0 Å². The molecule has 0 amide bonds. The second kappa shape index (κ2) is 8.14. The van der Waals surface area contributed by atoms with Gasteiger partial charge in [0.25, 0.3) is 0 Å². The van der Waals surface area contributed by atoms with Crippen LogP contribution in [0.2, 0.25) is 0 Å². The van der Waals surface area contributed by atoms with Gasteiger partial charge in [-0.15, -0.1) is 24.0 Å². The Morgan fingerprint density at radius 1 is 1.30 bits per heavy atom. The monoisotopic (exact) mass is 431 g/mol. The Hall–Kier alpha value is -1.09. The van der Waals surface area contributed by atoms with Crippen molar-refractivity contribution < 1.29 is 4.74 Å². The number of anilines is 1. The van der Waals surface area contributed by atoms with E-state index in [2.05, 4.69) is 38.1 Å². The molecule has 2 aliphatic rings. The van der Waals surface area contributed by atoms with Crippen LogP contribution in [-0.2, 0) is 4.74 Å². The topological polar surface area (TPSA) is 53.0 Å². The summed E-state index contributed by atoms with van der Waals surface area (Å²) in [6.45, 7) is 8.70. The lowest BCUT2D eigenvalue weighted by Crippen LogP contribution is -2.56. The van der Waals surface area contributed by atoms with Crippen LogP contribution < -0.4 is 10.2 Å². The molecule has 0 unspecified atom stereocenters. The summed E-state index contributed by atoms with van der Waals surface area (Å²) in [6, 6.07) is 6.06. The van der Waals surface area contributed by atoms with Crippen LogP contribution in [0.15, 0.2) is 29.4 Å². The third-order valence-electron chi connectivity index (χ3n) is 4.34. The molecule has 1 N–H and O–H groups in total. The maximum atomic E-state index is 5.31. The van der Waals surface area contributed by atoms with Gasteiger partial charge in [0.1, 0.15) is 5.82 Å². The second-order valence-electron chi connectivity index (χ2n) is 6.37. The Morgan fingerprint density at radius 2 is 2.04 bits per heavy atom. The normalized spacial score (nSPS) is 20.5. The number of nitrogens with one attached hydrogen (secondary N) is 1. The number of piperazine rings is 1. The highest BCUT2D eigenvalue weighted by Gasteiger charge is 2.33. The average Bonchev–Trinajstić information content (AvgIpc) is 2.55. The Kier molecular flexibility index (Phi) is 6.46. The van der Waals surface area contributed by atoms with Gasteiger partial charge in [0.05, 0.1) is 13.2 Å². The summed E-state index contributed by atoms with van der Waals surface area (Å²) in [5.41, 5.74) is 0.256. The zero-order valence-corrected chi connectivity index (χ0v) is 16.2. The van der Waals surface area contributed by atoms with Crippen molar-refractivity contribution in [1.29, 1.82) is 0 Å². The molecular formula is C16H26IN5O. The van der Waals surface area contributed by atoms with Crippen molar-refractivity contribution in [2.75, 3.05) is 57.9 Å². The van der Waals surface area contributed by atoms with E-state index in [1.54, 1.807) is 0 Å². The van der Waals surface area contributed by atoms with Gasteiger partial charge in [-0.1, -0.05) is 13.0 Å². The largest absolute Gasteiger partial charge is 0.380 e. The lowest BCUT2D eigenvalue weighted by molar-refractivity contribution is -0.0972. The molecule has 23 heavy (non-hydrogen) atoms. The van der Waals surface area contributed by atoms with Crippen LogP contribution in [0, 0.1) is 5.41 Å². The van der Waals surface area contributed by atoms with Crippen molar-refractivity contribution in [2.45, 2.75) is 6.92 Å². The number of nitrogens with zero attached hydrogens (tertiary/aromatic N) is 4. The Labute approximate surface area is 155 Å². The highest BCUT2D eigenvalue weighted by atomic mass is 127. The van der Waals surface area contributed by atoms with Crippen LogP contribution in [0.5, 0.6) is 0 Å². The molecule has 1 aromatic rings. The minimum atomic E-state index is 0. The summed E-state index contributed by atoms with van der Waals surface area (Å²) in [6.07, 6.45) is 1.85. The van der Waals surface area contributed by atoms with Crippen LogP contribution in [-0.4, -0.2) is 68.8 Å². The predicted molar refractivity (Wildman–Crippen MR) is 104 cm³/mol. The molecule has 0 atom stereocenters. The number of aromatic nitrogens is 1. The van der Waals surface area contributed by atoms with Gasteiger partial charge in [0.15, 0.2) is 5.96 Å². The standard InChI is InChI=1S/C16H25N5O.HI/c1-16(12-22-13-16)11-19-15(17-2)21-9-7-20(8-10-21)14-5-3-4-6-18-14;/h3-6H,7-13H2,1-2H3,(H,17,19);1H. The number of halogens is 1. The van der Waals surface area contributed by atoms with E-state index >= 15 is 0 Å². The van der Waals surface area contributed by atoms with Crippen molar-refractivity contribution in [2.24, 2.45) is 10.4 Å². The summed E-state index contributed by atoms with van der Waals surface area (Å²) in [7, 11) is 1.85. The quantitative estimate of drug-likeness (QED) is 0.446. The van der Waals surface area contributed by atoms with Crippen LogP contribution in [0.1, 0.15) is 6.92 Å². The van der Waals surface area contributed by atoms with Gasteiger partial charge in [-0.3, -0.25) is 4.99 Å². The first-order chi connectivity index (χ1) is 10.7. The van der Waals surface area contributed by atoms with Gasteiger partial charge in [0, 0.05) is 51.4 Å². The van der Waals surface area contributed by atoms with E-state index in [9.17, 15) is 0 Å². The van der Waals surface area contributed by atoms with Gasteiger partial charge in [0.2, 0.25) is 0 Å². The summed E-state index contributed by atoms with van der Waals surface area (Å²) in [5.74, 6) is 2.05. The first-order valence-corrected chi connectivity index (χ1v) is 7.89. The molecule has 2 aliphatic heterocycles. The first-order valence-electron chi connectivity index (χ1n) is 7.89. The highest BCUT2D eigenvalue weighted by Crippen LogP contribution is 2.25. The van der Waals surface area contributed by atoms with E-state index in [-0.39, 0.29) is 29.4 Å². The Morgan fingerprint density at radius 3 is 2.57 bits per heavy atom. The zero-order valence-electron chi connectivity index (χ0n) is 13.9. The van der Waals surface area contributed by atoms with Crippen LogP contribution in [0.25, 0.3) is 0 Å². The van der Waals surface area contributed by atoms with E-state index in [0.717, 1.165) is 57.7 Å². The SMILES string of the molecule is CN=C(NCC1(C)COC1)N1CCN(c2ccccn2)CC1.I. The van der Waals surface area contributed by atoms with E-state index in [0.29, 0.717) is 0 Å². The molecule has 0 spiro atoms. The lowest BCUT2D eigenvalue weighted by atomic mass is 9.89. The predicted octanol–water partition coefficient (Wildman–Crippen LogP) is 1.43. The van der Waals surface area contributed by atoms with Crippen molar-refractivity contribution in [3.05, 3.63) is 24.4 Å². The number of pyridine rings is 1. The van der Waals surface area contributed by atoms with E-state index in [1.165, 1.54) is 0 Å². The smallest absolute Gasteiger partial charge is 0.193 e. The van der Waals surface area contributed by atoms with Gasteiger partial charge in [-0.05, 0) is 12.1 Å². The summed E-state index contributed by atoms with van der Waals surface area (Å²) in [4.78, 5) is 13.5. The minimum Gasteiger partial charge on any atom is -0.380 e. The summed E-state index contributed by atoms with van der Waals surface area (Å²) in [5, 5.41) is 3.50. The van der Waals surface area contributed by atoms with Gasteiger partial charge >= 0.3 is 0 Å². The Balaban J connectivity index is 0.00000192. The van der Waals surface area contributed by atoms with Gasteiger partial charge in [-0.25, -0.2) is 4.98 Å². The third kappa shape index (κ3) is 4.47. The van der Waals surface area contributed by atoms with Crippen molar-refractivity contribution >= 4 is 35.8 Å². The fourth-order valence-electron chi connectivity index (χ4n) is 2.87. The molecule has 0 saturated carbocycles. The molecular weight excluding hydrogens is 405 g/mol. The maximum Gasteiger partial charge on any atom is 0.193 e. The lowest BCUT2D eigenvalue weighted by Gasteiger charge is -2.41. The van der Waals surface area contributed by atoms with Gasteiger partial charge < -0.3 is 19.9 Å². The number of aliphatic imine (C=N–C) groups is 1. The number of rotatable bonds is 3. The molecule has 3 rings (SSSR count). The minimum absolute atomic E-state index is 0. The van der Waals surface area contributed by atoms with Crippen molar-refractivity contribution in [3.63, 3.8) is 0 Å². The average molecular weight is 431 g/mol. The van der Waals surface area contributed by atoms with Crippen LogP contribution in [0.3, 0.4) is 0 Å². The fraction of sp³-hybridized carbons (Fsp3) is 0.625. The molecule has 1 aromatic heterocycles. The molecule has 0 bridgehead atoms. The molecule has 7 heteroatoms. The highest BCUT2D eigenvalue weighted by molar-refractivity contribution is 14.0. The van der Waals surface area contributed by atoms with E-state index in [1.807, 2.05) is 25.4 Å².